The molecular weight excluding hydrogens is 496 g/mol. The molecule has 1 aliphatic rings. The molecule has 1 heterocycles. The predicted octanol–water partition coefficient (Wildman–Crippen LogP) is 2.52. The Morgan fingerprint density at radius 1 is 1.05 bits per heavy atom. The molecule has 0 saturated heterocycles. The van der Waals surface area contributed by atoms with Crippen LogP contribution in [0.15, 0.2) is 71.1 Å². The smallest absolute Gasteiger partial charge is 0.336 e. The summed E-state index contributed by atoms with van der Waals surface area (Å²) in [5.74, 6) is -1.99. The number of rotatable bonds is 11. The van der Waals surface area contributed by atoms with Crippen molar-refractivity contribution in [2.24, 2.45) is 0 Å². The number of nitrogens with one attached hydrogen (secondary N) is 1. The van der Waals surface area contributed by atoms with Crippen LogP contribution in [0.1, 0.15) is 30.9 Å². The van der Waals surface area contributed by atoms with Gasteiger partial charge in [0.1, 0.15) is 18.5 Å². The third-order valence-corrected chi connectivity index (χ3v) is 6.03. The van der Waals surface area contributed by atoms with Gasteiger partial charge in [0.25, 0.3) is 5.69 Å². The molecule has 3 N–H and O–H groups in total. The molecular formula is C27H30N2O9. The molecule has 38 heavy (non-hydrogen) atoms. The van der Waals surface area contributed by atoms with E-state index >= 15 is 0 Å². The lowest BCUT2D eigenvalue weighted by atomic mass is 9.79. The standard InChI is InChI=1S/C27H30N2O9/c1-16-23(26(32)36-3)25(21-6-4-5-7-22(21)29(34)35)24(17(2)28-16)27(33)37-13-12-18-8-10-20(11-9-18)38-15-19(31)14-30/h4-11,19,25,28,30-31H,12-15H2,1-3H3. The summed E-state index contributed by atoms with van der Waals surface area (Å²) in [4.78, 5) is 37.3. The van der Waals surface area contributed by atoms with Crippen LogP contribution in [0, 0.1) is 10.1 Å². The van der Waals surface area contributed by atoms with Crippen LogP contribution in [0.3, 0.4) is 0 Å². The number of carbonyl (C=O) groups is 2. The van der Waals surface area contributed by atoms with Gasteiger partial charge in [-0.25, -0.2) is 9.59 Å². The summed E-state index contributed by atoms with van der Waals surface area (Å²) in [5, 5.41) is 33.0. The zero-order chi connectivity index (χ0) is 27.8. The van der Waals surface area contributed by atoms with Gasteiger partial charge in [-0.15, -0.1) is 0 Å². The SMILES string of the molecule is COC(=O)C1=C(C)NC(C)=C(C(=O)OCCc2ccc(OCC(O)CO)cc2)C1c1ccccc1[N+](=O)[O-]. The molecule has 2 aromatic rings. The minimum Gasteiger partial charge on any atom is -0.491 e. The molecule has 0 saturated carbocycles. The van der Waals surface area contributed by atoms with Crippen LogP contribution in [-0.4, -0.2) is 60.1 Å². The largest absolute Gasteiger partial charge is 0.491 e. The zero-order valence-electron chi connectivity index (χ0n) is 21.3. The summed E-state index contributed by atoms with van der Waals surface area (Å²) in [6, 6.07) is 12.9. The van der Waals surface area contributed by atoms with E-state index in [1.165, 1.54) is 25.3 Å². The molecule has 1 aliphatic heterocycles. The van der Waals surface area contributed by atoms with E-state index in [2.05, 4.69) is 5.32 Å². The second kappa shape index (κ2) is 12.8. The average molecular weight is 527 g/mol. The van der Waals surface area contributed by atoms with Gasteiger partial charge >= 0.3 is 11.9 Å². The number of methoxy groups -OCH3 is 1. The van der Waals surface area contributed by atoms with E-state index in [9.17, 15) is 24.8 Å². The molecule has 0 aliphatic carbocycles. The Balaban J connectivity index is 1.81. The summed E-state index contributed by atoms with van der Waals surface area (Å²) in [5.41, 5.74) is 1.78. The number of aliphatic hydroxyl groups is 2. The molecule has 0 amide bonds. The maximum atomic E-state index is 13.3. The van der Waals surface area contributed by atoms with E-state index < -0.39 is 35.5 Å². The fraction of sp³-hybridized carbons (Fsp3) is 0.333. The molecule has 3 rings (SSSR count). The quantitative estimate of drug-likeness (QED) is 0.226. The maximum absolute atomic E-state index is 13.3. The first-order chi connectivity index (χ1) is 18.2. The number of ether oxygens (including phenoxy) is 3. The number of aliphatic hydroxyl groups excluding tert-OH is 2. The van der Waals surface area contributed by atoms with E-state index in [0.29, 0.717) is 23.6 Å². The summed E-state index contributed by atoms with van der Waals surface area (Å²) < 4.78 is 15.9. The van der Waals surface area contributed by atoms with Crippen molar-refractivity contribution in [1.29, 1.82) is 0 Å². The Labute approximate surface area is 219 Å². The molecule has 11 nitrogen and oxygen atoms in total. The van der Waals surface area contributed by atoms with Gasteiger partial charge in [-0.1, -0.05) is 30.3 Å². The molecule has 0 radical (unpaired) electrons. The molecule has 2 atom stereocenters. The van der Waals surface area contributed by atoms with E-state index in [1.807, 2.05) is 0 Å². The van der Waals surface area contributed by atoms with Gasteiger partial charge in [-0.05, 0) is 31.5 Å². The highest BCUT2D eigenvalue weighted by molar-refractivity contribution is 6.00. The van der Waals surface area contributed by atoms with Crippen LogP contribution in [0.5, 0.6) is 5.75 Å². The second-order valence-electron chi connectivity index (χ2n) is 8.62. The van der Waals surface area contributed by atoms with Crippen molar-refractivity contribution >= 4 is 17.6 Å². The van der Waals surface area contributed by atoms with Gasteiger partial charge in [0.15, 0.2) is 0 Å². The van der Waals surface area contributed by atoms with Crippen molar-refractivity contribution in [2.45, 2.75) is 32.3 Å². The Morgan fingerprint density at radius 3 is 2.29 bits per heavy atom. The van der Waals surface area contributed by atoms with Gasteiger partial charge in [0.05, 0.1) is 42.3 Å². The van der Waals surface area contributed by atoms with Crippen molar-refractivity contribution in [3.05, 3.63) is 92.3 Å². The zero-order valence-corrected chi connectivity index (χ0v) is 21.3. The lowest BCUT2D eigenvalue weighted by molar-refractivity contribution is -0.385. The highest BCUT2D eigenvalue weighted by Crippen LogP contribution is 2.42. The molecule has 0 spiro atoms. The third kappa shape index (κ3) is 6.55. The van der Waals surface area contributed by atoms with Gasteiger partial charge in [-0.2, -0.15) is 0 Å². The number of allylic oxidation sites excluding steroid dienone is 2. The number of benzene rings is 2. The maximum Gasteiger partial charge on any atom is 0.336 e. The molecule has 11 heteroatoms. The molecule has 0 aromatic heterocycles. The van der Waals surface area contributed by atoms with Crippen molar-refractivity contribution in [3.8, 4) is 5.75 Å². The van der Waals surface area contributed by atoms with Crippen molar-refractivity contribution in [2.75, 3.05) is 26.9 Å². The topological polar surface area (TPSA) is 157 Å². The summed E-state index contributed by atoms with van der Waals surface area (Å²) >= 11 is 0. The van der Waals surface area contributed by atoms with Crippen LogP contribution in [0.25, 0.3) is 0 Å². The number of esters is 2. The Hall–Kier alpha value is -4.22. The minimum atomic E-state index is -1.07. The molecule has 202 valence electrons. The van der Waals surface area contributed by atoms with E-state index in [-0.39, 0.29) is 35.6 Å². The molecule has 0 bridgehead atoms. The number of dihydropyridines is 1. The number of para-hydroxylation sites is 1. The predicted molar refractivity (Wildman–Crippen MR) is 136 cm³/mol. The number of nitrogens with zero attached hydrogens (tertiary/aromatic N) is 1. The summed E-state index contributed by atoms with van der Waals surface area (Å²) in [6.45, 7) is 2.85. The Bertz CT molecular complexity index is 1250. The van der Waals surface area contributed by atoms with Crippen molar-refractivity contribution < 1.29 is 38.9 Å². The van der Waals surface area contributed by atoms with Gasteiger partial charge in [0.2, 0.25) is 0 Å². The van der Waals surface area contributed by atoms with Crippen molar-refractivity contribution in [1.82, 2.24) is 5.32 Å². The number of hydrogen-bond donors (Lipinski definition) is 3. The normalized spacial score (nSPS) is 16.0. The molecule has 2 unspecified atom stereocenters. The van der Waals surface area contributed by atoms with Crippen LogP contribution in [0.2, 0.25) is 0 Å². The average Bonchev–Trinajstić information content (AvgIpc) is 2.91. The van der Waals surface area contributed by atoms with Crippen molar-refractivity contribution in [3.63, 3.8) is 0 Å². The summed E-state index contributed by atoms with van der Waals surface area (Å²) in [6.07, 6.45) is -0.597. The van der Waals surface area contributed by atoms with Crippen LogP contribution in [-0.2, 0) is 25.5 Å². The number of nitro groups is 1. The van der Waals surface area contributed by atoms with Crippen LogP contribution >= 0.6 is 0 Å². The Kier molecular flexibility index (Phi) is 9.58. The minimum absolute atomic E-state index is 0.0128. The lowest BCUT2D eigenvalue weighted by Gasteiger charge is -2.30. The first-order valence-corrected chi connectivity index (χ1v) is 11.9. The Morgan fingerprint density at radius 2 is 1.68 bits per heavy atom. The van der Waals surface area contributed by atoms with Gasteiger partial charge < -0.3 is 29.7 Å². The first kappa shape index (κ1) is 28.4. The van der Waals surface area contributed by atoms with Crippen LogP contribution < -0.4 is 10.1 Å². The van der Waals surface area contributed by atoms with E-state index in [1.54, 1.807) is 44.2 Å². The van der Waals surface area contributed by atoms with Gasteiger partial charge in [0, 0.05) is 29.4 Å². The summed E-state index contributed by atoms with van der Waals surface area (Å²) in [7, 11) is 1.20. The first-order valence-electron chi connectivity index (χ1n) is 11.9. The number of nitro benzene ring substituents is 1. The number of hydrogen-bond acceptors (Lipinski definition) is 10. The fourth-order valence-electron chi connectivity index (χ4n) is 4.19. The molecule has 0 fully saturated rings. The van der Waals surface area contributed by atoms with Gasteiger partial charge in [-0.3, -0.25) is 10.1 Å². The van der Waals surface area contributed by atoms with Crippen LogP contribution in [0.4, 0.5) is 5.69 Å². The number of carbonyl (C=O) groups excluding carboxylic acids is 2. The second-order valence-corrected chi connectivity index (χ2v) is 8.62. The monoisotopic (exact) mass is 526 g/mol. The highest BCUT2D eigenvalue weighted by Gasteiger charge is 2.40. The molecule has 2 aromatic carbocycles. The lowest BCUT2D eigenvalue weighted by Crippen LogP contribution is -2.32. The van der Waals surface area contributed by atoms with E-state index in [4.69, 9.17) is 19.3 Å². The third-order valence-electron chi connectivity index (χ3n) is 6.03. The van der Waals surface area contributed by atoms with E-state index in [0.717, 1.165) is 5.56 Å². The highest BCUT2D eigenvalue weighted by atomic mass is 16.6. The fourth-order valence-corrected chi connectivity index (χ4v) is 4.19.